The highest BCUT2D eigenvalue weighted by Crippen LogP contribution is 2.31. The summed E-state index contributed by atoms with van der Waals surface area (Å²) in [6.07, 6.45) is 6.86. The molecule has 6 heteroatoms. The summed E-state index contributed by atoms with van der Waals surface area (Å²) >= 11 is 1.60. The van der Waals surface area contributed by atoms with Crippen LogP contribution in [0.4, 0.5) is 0 Å². The van der Waals surface area contributed by atoms with Crippen LogP contribution in [-0.2, 0) is 17.6 Å². The molecule has 1 aliphatic carbocycles. The van der Waals surface area contributed by atoms with Gasteiger partial charge < -0.3 is 10.4 Å². The zero-order valence-electron chi connectivity index (χ0n) is 13.8. The summed E-state index contributed by atoms with van der Waals surface area (Å²) < 4.78 is 0. The number of carbonyl (C=O) groups is 1. The number of nitrogens with one attached hydrogen (secondary N) is 1. The number of hydrogen-bond donors (Lipinski definition) is 2. The number of pyridine rings is 1. The maximum atomic E-state index is 12.4. The van der Waals surface area contributed by atoms with Crippen molar-refractivity contribution in [2.75, 3.05) is 0 Å². The third-order valence-electron chi connectivity index (χ3n) is 4.69. The van der Waals surface area contributed by atoms with Gasteiger partial charge in [-0.05, 0) is 56.2 Å². The molecule has 24 heavy (non-hydrogen) atoms. The van der Waals surface area contributed by atoms with Crippen molar-refractivity contribution in [2.24, 2.45) is 5.92 Å². The summed E-state index contributed by atoms with van der Waals surface area (Å²) in [5.74, 6) is 0.422. The van der Waals surface area contributed by atoms with Gasteiger partial charge in [-0.2, -0.15) is 0 Å². The second-order valence-corrected chi connectivity index (χ2v) is 7.42. The number of aromatic nitrogens is 2. The molecule has 0 unspecified atom stereocenters. The predicted octanol–water partition coefficient (Wildman–Crippen LogP) is 2.28. The topological polar surface area (TPSA) is 75.1 Å². The van der Waals surface area contributed by atoms with Crippen molar-refractivity contribution in [3.8, 4) is 0 Å². The Morgan fingerprint density at radius 1 is 1.42 bits per heavy atom. The van der Waals surface area contributed by atoms with Crippen LogP contribution in [0.3, 0.4) is 0 Å². The lowest BCUT2D eigenvalue weighted by atomic mass is 9.75. The maximum absolute atomic E-state index is 12.4. The van der Waals surface area contributed by atoms with Crippen molar-refractivity contribution >= 4 is 17.2 Å². The molecule has 2 aromatic heterocycles. The van der Waals surface area contributed by atoms with Gasteiger partial charge >= 0.3 is 0 Å². The van der Waals surface area contributed by atoms with E-state index in [9.17, 15) is 9.90 Å². The fourth-order valence-corrected chi connectivity index (χ4v) is 3.92. The number of nitrogens with zero attached hydrogens (tertiary/aromatic N) is 2. The molecule has 1 saturated carbocycles. The molecule has 128 valence electrons. The summed E-state index contributed by atoms with van der Waals surface area (Å²) in [6, 6.07) is 4.04. The molecule has 0 bridgehead atoms. The highest BCUT2D eigenvalue weighted by atomic mass is 32.1. The lowest BCUT2D eigenvalue weighted by Gasteiger charge is -2.38. The van der Waals surface area contributed by atoms with Gasteiger partial charge in [0.25, 0.3) is 0 Å². The first kappa shape index (κ1) is 17.0. The summed E-state index contributed by atoms with van der Waals surface area (Å²) in [4.78, 5) is 21.8. The van der Waals surface area contributed by atoms with Crippen molar-refractivity contribution in [3.05, 3.63) is 46.2 Å². The first-order valence-corrected chi connectivity index (χ1v) is 9.25. The van der Waals surface area contributed by atoms with Gasteiger partial charge in [-0.1, -0.05) is 0 Å². The van der Waals surface area contributed by atoms with Crippen LogP contribution in [0.5, 0.6) is 0 Å². The summed E-state index contributed by atoms with van der Waals surface area (Å²) in [6.45, 7) is 1.98. The lowest BCUT2D eigenvalue weighted by Crippen LogP contribution is -2.48. The van der Waals surface area contributed by atoms with Crippen molar-refractivity contribution < 1.29 is 9.90 Å². The summed E-state index contributed by atoms with van der Waals surface area (Å²) in [5, 5.41) is 12.8. The van der Waals surface area contributed by atoms with E-state index in [0.29, 0.717) is 12.3 Å². The monoisotopic (exact) mass is 345 g/mol. The van der Waals surface area contributed by atoms with E-state index in [1.165, 1.54) is 4.88 Å². The minimum atomic E-state index is -0.216. The number of aliphatic hydroxyl groups is 1. The Hall–Kier alpha value is -1.79. The number of rotatable bonds is 7. The molecular formula is C18H23N3O2S. The smallest absolute Gasteiger partial charge is 0.220 e. The lowest BCUT2D eigenvalue weighted by molar-refractivity contribution is -0.122. The Labute approximate surface area is 146 Å². The van der Waals surface area contributed by atoms with Gasteiger partial charge in [0.1, 0.15) is 0 Å². The second kappa shape index (κ2) is 7.85. The van der Waals surface area contributed by atoms with Crippen molar-refractivity contribution in [1.82, 2.24) is 15.3 Å². The molecule has 0 aromatic carbocycles. The van der Waals surface area contributed by atoms with Gasteiger partial charge in [0, 0.05) is 29.7 Å². The SMILES string of the molecule is Cc1ncsc1CCC(=O)N[C@H](Cc1ccncc1)C1CC(O)C1. The molecular weight excluding hydrogens is 322 g/mol. The van der Waals surface area contributed by atoms with E-state index in [0.717, 1.165) is 36.9 Å². The fraction of sp³-hybridized carbons (Fsp3) is 0.500. The summed E-state index contributed by atoms with van der Waals surface area (Å²) in [5.41, 5.74) is 4.00. The molecule has 0 aliphatic heterocycles. The van der Waals surface area contributed by atoms with Crippen LogP contribution in [0.15, 0.2) is 30.0 Å². The quantitative estimate of drug-likeness (QED) is 0.807. The number of aliphatic hydroxyl groups excluding tert-OH is 1. The van der Waals surface area contributed by atoms with Gasteiger partial charge in [-0.25, -0.2) is 4.98 Å². The molecule has 1 amide bonds. The molecule has 0 spiro atoms. The minimum Gasteiger partial charge on any atom is -0.393 e. The summed E-state index contributed by atoms with van der Waals surface area (Å²) in [7, 11) is 0. The Balaban J connectivity index is 1.56. The first-order valence-electron chi connectivity index (χ1n) is 8.37. The molecule has 2 N–H and O–H groups in total. The largest absolute Gasteiger partial charge is 0.393 e. The number of amides is 1. The van der Waals surface area contributed by atoms with E-state index >= 15 is 0 Å². The van der Waals surface area contributed by atoms with Gasteiger partial charge in [0.05, 0.1) is 17.3 Å². The highest BCUT2D eigenvalue weighted by molar-refractivity contribution is 7.09. The Bertz CT molecular complexity index is 668. The van der Waals surface area contributed by atoms with Crippen LogP contribution in [0.25, 0.3) is 0 Å². The number of aryl methyl sites for hydroxylation is 2. The standard InChI is InChI=1S/C18H23N3O2S/c1-12-17(24-11-20-12)2-3-18(23)21-16(14-9-15(22)10-14)8-13-4-6-19-7-5-13/h4-7,11,14-16,22H,2-3,8-10H2,1H3,(H,21,23)/t14?,15?,16-/m1/s1. The first-order chi connectivity index (χ1) is 11.6. The van der Waals surface area contributed by atoms with Gasteiger partial charge in [-0.3, -0.25) is 9.78 Å². The van der Waals surface area contributed by atoms with E-state index < -0.39 is 0 Å². The predicted molar refractivity (Wildman–Crippen MR) is 93.8 cm³/mol. The third-order valence-corrected chi connectivity index (χ3v) is 5.69. The molecule has 0 radical (unpaired) electrons. The molecule has 1 fully saturated rings. The van der Waals surface area contributed by atoms with Crippen molar-refractivity contribution in [1.29, 1.82) is 0 Å². The minimum absolute atomic E-state index is 0.0724. The van der Waals surface area contributed by atoms with Gasteiger partial charge in [0.2, 0.25) is 5.91 Å². The van der Waals surface area contributed by atoms with Gasteiger partial charge in [-0.15, -0.1) is 11.3 Å². The third kappa shape index (κ3) is 4.39. The molecule has 1 atom stereocenters. The normalized spacial score (nSPS) is 21.1. The molecule has 5 nitrogen and oxygen atoms in total. The second-order valence-electron chi connectivity index (χ2n) is 6.48. The van der Waals surface area contributed by atoms with E-state index in [2.05, 4.69) is 15.3 Å². The van der Waals surface area contributed by atoms with Crippen LogP contribution in [-0.4, -0.2) is 33.1 Å². The Morgan fingerprint density at radius 3 is 2.79 bits per heavy atom. The van der Waals surface area contributed by atoms with Crippen molar-refractivity contribution in [2.45, 2.75) is 51.2 Å². The molecule has 3 rings (SSSR count). The Kier molecular flexibility index (Phi) is 5.58. The number of carbonyl (C=O) groups excluding carboxylic acids is 1. The highest BCUT2D eigenvalue weighted by Gasteiger charge is 2.34. The van der Waals surface area contributed by atoms with E-state index in [4.69, 9.17) is 0 Å². The number of hydrogen-bond acceptors (Lipinski definition) is 5. The average molecular weight is 345 g/mol. The van der Waals surface area contributed by atoms with Crippen LogP contribution in [0.1, 0.15) is 35.4 Å². The molecule has 0 saturated heterocycles. The van der Waals surface area contributed by atoms with E-state index in [1.54, 1.807) is 23.7 Å². The molecule has 2 heterocycles. The Morgan fingerprint density at radius 2 is 2.17 bits per heavy atom. The zero-order chi connectivity index (χ0) is 16.9. The van der Waals surface area contributed by atoms with E-state index in [-0.39, 0.29) is 18.1 Å². The maximum Gasteiger partial charge on any atom is 0.220 e. The zero-order valence-corrected chi connectivity index (χ0v) is 14.6. The molecule has 2 aromatic rings. The van der Waals surface area contributed by atoms with Crippen molar-refractivity contribution in [3.63, 3.8) is 0 Å². The average Bonchev–Trinajstić information content (AvgIpc) is 2.95. The van der Waals surface area contributed by atoms with Crippen LogP contribution < -0.4 is 5.32 Å². The van der Waals surface area contributed by atoms with Crippen LogP contribution in [0.2, 0.25) is 0 Å². The van der Waals surface area contributed by atoms with Crippen LogP contribution in [0, 0.1) is 12.8 Å². The van der Waals surface area contributed by atoms with Gasteiger partial charge in [0.15, 0.2) is 0 Å². The van der Waals surface area contributed by atoms with Crippen LogP contribution >= 0.6 is 11.3 Å². The fourth-order valence-electron chi connectivity index (χ4n) is 3.14. The number of thiazole rings is 1. The molecule has 1 aliphatic rings. The van der Waals surface area contributed by atoms with E-state index in [1.807, 2.05) is 24.6 Å².